The van der Waals surface area contributed by atoms with Crippen molar-refractivity contribution in [3.8, 4) is 0 Å². The van der Waals surface area contributed by atoms with Gasteiger partial charge in [-0.2, -0.15) is 0 Å². The van der Waals surface area contributed by atoms with Gasteiger partial charge in [-0.1, -0.05) is 13.8 Å². The fourth-order valence-electron chi connectivity index (χ4n) is 2.80. The van der Waals surface area contributed by atoms with E-state index in [1.54, 1.807) is 0 Å². The average Bonchev–Trinajstić information content (AvgIpc) is 2.85. The topological polar surface area (TPSA) is 78.4 Å². The normalized spacial score (nSPS) is 20.1. The number of hydrogen-bond donors (Lipinski definition) is 3. The predicted molar refractivity (Wildman–Crippen MR) is 78.4 cm³/mol. The molecule has 3 N–H and O–H groups in total. The summed E-state index contributed by atoms with van der Waals surface area (Å²) in [5, 5.41) is 15.1. The molecule has 0 aliphatic carbocycles. The van der Waals surface area contributed by atoms with Gasteiger partial charge in [0, 0.05) is 19.4 Å². The number of amides is 1. The van der Waals surface area contributed by atoms with Gasteiger partial charge in [-0.05, 0) is 50.1 Å². The number of rotatable bonds is 9. The Morgan fingerprint density at radius 3 is 2.70 bits per heavy atom. The number of aliphatic carboxylic acids is 1. The Labute approximate surface area is 121 Å². The zero-order valence-corrected chi connectivity index (χ0v) is 12.7. The number of carbonyl (C=O) groups is 2. The number of carbonyl (C=O) groups excluding carboxylic acids is 1. The molecule has 2 atom stereocenters. The van der Waals surface area contributed by atoms with E-state index in [-0.39, 0.29) is 18.2 Å². The number of nitrogens with one attached hydrogen (secondary N) is 2. The second-order valence-electron chi connectivity index (χ2n) is 6.30. The summed E-state index contributed by atoms with van der Waals surface area (Å²) in [6, 6.07) is 0. The first-order valence-electron chi connectivity index (χ1n) is 7.66. The molecular formula is C15H28N2O3. The van der Waals surface area contributed by atoms with Gasteiger partial charge in [0.25, 0.3) is 0 Å². The van der Waals surface area contributed by atoms with Gasteiger partial charge in [-0.25, -0.2) is 0 Å². The summed E-state index contributed by atoms with van der Waals surface area (Å²) in [5.74, 6) is 0.356. The quantitative estimate of drug-likeness (QED) is 0.601. The Hall–Kier alpha value is -1.10. The summed E-state index contributed by atoms with van der Waals surface area (Å²) in [5.41, 5.74) is 0. The van der Waals surface area contributed by atoms with Crippen molar-refractivity contribution in [1.29, 1.82) is 0 Å². The lowest BCUT2D eigenvalue weighted by molar-refractivity contribution is -0.138. The van der Waals surface area contributed by atoms with Crippen molar-refractivity contribution >= 4 is 11.9 Å². The lowest BCUT2D eigenvalue weighted by Crippen LogP contribution is -2.31. The molecule has 0 aromatic rings. The van der Waals surface area contributed by atoms with Gasteiger partial charge in [0.05, 0.1) is 0 Å². The van der Waals surface area contributed by atoms with E-state index in [2.05, 4.69) is 24.5 Å². The Kier molecular flexibility index (Phi) is 7.59. The van der Waals surface area contributed by atoms with Crippen molar-refractivity contribution in [3.05, 3.63) is 0 Å². The minimum Gasteiger partial charge on any atom is -0.481 e. The molecule has 116 valence electrons. The summed E-state index contributed by atoms with van der Waals surface area (Å²) >= 11 is 0. The minimum absolute atomic E-state index is 0.0320. The van der Waals surface area contributed by atoms with Gasteiger partial charge in [0.2, 0.25) is 5.91 Å². The van der Waals surface area contributed by atoms with E-state index in [0.717, 1.165) is 32.4 Å². The third kappa shape index (κ3) is 7.48. The summed E-state index contributed by atoms with van der Waals surface area (Å²) < 4.78 is 0. The van der Waals surface area contributed by atoms with Crippen LogP contribution < -0.4 is 10.6 Å². The first-order valence-corrected chi connectivity index (χ1v) is 7.66. The highest BCUT2D eigenvalue weighted by atomic mass is 16.4. The molecule has 1 aliphatic heterocycles. The van der Waals surface area contributed by atoms with Crippen LogP contribution in [0.4, 0.5) is 0 Å². The number of carboxylic acid groups (broad SMARTS) is 1. The van der Waals surface area contributed by atoms with Crippen LogP contribution in [0.5, 0.6) is 0 Å². The van der Waals surface area contributed by atoms with Crippen LogP contribution in [0.1, 0.15) is 46.0 Å². The van der Waals surface area contributed by atoms with E-state index >= 15 is 0 Å². The van der Waals surface area contributed by atoms with Crippen LogP contribution in [0.2, 0.25) is 0 Å². The van der Waals surface area contributed by atoms with E-state index in [1.807, 2.05) is 0 Å². The van der Waals surface area contributed by atoms with Crippen LogP contribution in [-0.4, -0.2) is 36.6 Å². The molecule has 1 rings (SSSR count). The highest BCUT2D eigenvalue weighted by Gasteiger charge is 2.18. The maximum absolute atomic E-state index is 11.8. The Bertz CT molecular complexity index is 312. The number of hydrogen-bond acceptors (Lipinski definition) is 3. The molecule has 0 bridgehead atoms. The molecule has 0 aromatic heterocycles. The summed E-state index contributed by atoms with van der Waals surface area (Å²) in [4.78, 5) is 22.6. The van der Waals surface area contributed by atoms with E-state index in [4.69, 9.17) is 5.11 Å². The van der Waals surface area contributed by atoms with Crippen LogP contribution in [0.15, 0.2) is 0 Å². The lowest BCUT2D eigenvalue weighted by atomic mass is 9.94. The van der Waals surface area contributed by atoms with Crippen molar-refractivity contribution in [2.24, 2.45) is 17.8 Å². The summed E-state index contributed by atoms with van der Waals surface area (Å²) in [6.45, 7) is 6.70. The largest absolute Gasteiger partial charge is 0.481 e. The molecule has 5 nitrogen and oxygen atoms in total. The monoisotopic (exact) mass is 284 g/mol. The van der Waals surface area contributed by atoms with Crippen molar-refractivity contribution in [3.63, 3.8) is 0 Å². The Balaban J connectivity index is 2.22. The predicted octanol–water partition coefficient (Wildman–Crippen LogP) is 1.63. The molecule has 1 saturated heterocycles. The van der Waals surface area contributed by atoms with Crippen LogP contribution in [0, 0.1) is 17.8 Å². The second-order valence-corrected chi connectivity index (χ2v) is 6.30. The second kappa shape index (κ2) is 8.95. The van der Waals surface area contributed by atoms with Gasteiger partial charge < -0.3 is 15.7 Å². The molecule has 0 saturated carbocycles. The van der Waals surface area contributed by atoms with Gasteiger partial charge in [0.15, 0.2) is 0 Å². The molecular weight excluding hydrogens is 256 g/mol. The van der Waals surface area contributed by atoms with Crippen LogP contribution in [0.3, 0.4) is 0 Å². The zero-order chi connectivity index (χ0) is 15.0. The third-order valence-electron chi connectivity index (χ3n) is 3.80. The third-order valence-corrected chi connectivity index (χ3v) is 3.80. The minimum atomic E-state index is -0.790. The molecule has 0 aromatic carbocycles. The Morgan fingerprint density at radius 1 is 1.40 bits per heavy atom. The van der Waals surface area contributed by atoms with E-state index in [9.17, 15) is 9.59 Å². The molecule has 1 aliphatic rings. The van der Waals surface area contributed by atoms with Gasteiger partial charge in [0.1, 0.15) is 0 Å². The van der Waals surface area contributed by atoms with Crippen LogP contribution in [-0.2, 0) is 9.59 Å². The van der Waals surface area contributed by atoms with E-state index in [0.29, 0.717) is 24.8 Å². The van der Waals surface area contributed by atoms with Crippen molar-refractivity contribution < 1.29 is 14.7 Å². The molecule has 5 heteroatoms. The number of carboxylic acids is 1. The average molecular weight is 284 g/mol. The van der Waals surface area contributed by atoms with Crippen molar-refractivity contribution in [1.82, 2.24) is 10.6 Å². The molecule has 0 radical (unpaired) electrons. The van der Waals surface area contributed by atoms with Crippen molar-refractivity contribution in [2.75, 3.05) is 19.6 Å². The molecule has 20 heavy (non-hydrogen) atoms. The highest BCUT2D eigenvalue weighted by molar-refractivity contribution is 5.76. The first-order chi connectivity index (χ1) is 9.47. The van der Waals surface area contributed by atoms with Gasteiger partial charge in [-0.15, -0.1) is 0 Å². The fourth-order valence-corrected chi connectivity index (χ4v) is 2.80. The fraction of sp³-hybridized carbons (Fsp3) is 0.867. The molecule has 1 amide bonds. The van der Waals surface area contributed by atoms with E-state index < -0.39 is 5.97 Å². The van der Waals surface area contributed by atoms with Crippen molar-refractivity contribution in [2.45, 2.75) is 46.0 Å². The standard InChI is InChI=1S/C15H28N2O3/c1-11(2)7-13(8-15(19)20)10-17-14(18)4-3-12-5-6-16-9-12/h11-13,16H,3-10H2,1-2H3,(H,17,18)(H,19,20)/t12?,13-/m0/s1. The zero-order valence-electron chi connectivity index (χ0n) is 12.7. The van der Waals surface area contributed by atoms with Crippen LogP contribution >= 0.6 is 0 Å². The lowest BCUT2D eigenvalue weighted by Gasteiger charge is -2.18. The molecule has 1 fully saturated rings. The maximum atomic E-state index is 11.8. The van der Waals surface area contributed by atoms with Crippen LogP contribution in [0.25, 0.3) is 0 Å². The Morgan fingerprint density at radius 2 is 2.15 bits per heavy atom. The van der Waals surface area contributed by atoms with E-state index in [1.165, 1.54) is 0 Å². The van der Waals surface area contributed by atoms with Gasteiger partial charge >= 0.3 is 5.97 Å². The first kappa shape index (κ1) is 17.0. The molecule has 1 heterocycles. The molecule has 0 spiro atoms. The maximum Gasteiger partial charge on any atom is 0.303 e. The highest BCUT2D eigenvalue weighted by Crippen LogP contribution is 2.16. The van der Waals surface area contributed by atoms with Gasteiger partial charge in [-0.3, -0.25) is 9.59 Å². The summed E-state index contributed by atoms with van der Waals surface area (Å²) in [7, 11) is 0. The smallest absolute Gasteiger partial charge is 0.303 e. The molecule has 1 unspecified atom stereocenters. The SMILES string of the molecule is CC(C)C[C@H](CNC(=O)CCC1CCNC1)CC(=O)O. The summed E-state index contributed by atoms with van der Waals surface area (Å²) in [6.07, 6.45) is 3.59.